The van der Waals surface area contributed by atoms with Crippen LogP contribution < -0.4 is 5.32 Å². The molecular weight excluding hydrogens is 308 g/mol. The van der Waals surface area contributed by atoms with Gasteiger partial charge in [0.1, 0.15) is 5.82 Å². The second-order valence-corrected chi connectivity index (χ2v) is 5.68. The third-order valence-electron chi connectivity index (χ3n) is 3.59. The van der Waals surface area contributed by atoms with E-state index >= 15 is 0 Å². The lowest BCUT2D eigenvalue weighted by atomic mass is 10.0. The predicted octanol–water partition coefficient (Wildman–Crippen LogP) is 4.56. The van der Waals surface area contributed by atoms with Crippen LogP contribution in [-0.2, 0) is 13.0 Å². The molecule has 1 aromatic heterocycles. The number of aromatic nitrogens is 1. The van der Waals surface area contributed by atoms with Gasteiger partial charge < -0.3 is 10.4 Å². The third-order valence-corrected chi connectivity index (χ3v) is 3.88. The fraction of sp³-hybridized carbons (Fsp3) is 0.105. The molecule has 0 fully saturated rings. The van der Waals surface area contributed by atoms with Crippen LogP contribution in [0.5, 0.6) is 0 Å². The van der Waals surface area contributed by atoms with Crippen molar-refractivity contribution in [2.75, 3.05) is 5.32 Å². The van der Waals surface area contributed by atoms with Gasteiger partial charge in [0.05, 0.1) is 11.6 Å². The van der Waals surface area contributed by atoms with Gasteiger partial charge in [0.15, 0.2) is 0 Å². The second-order valence-electron chi connectivity index (χ2n) is 5.28. The molecule has 0 aliphatic rings. The van der Waals surface area contributed by atoms with Gasteiger partial charge in [-0.25, -0.2) is 4.98 Å². The van der Waals surface area contributed by atoms with Crippen LogP contribution in [0.1, 0.15) is 16.7 Å². The molecule has 0 amide bonds. The molecule has 0 radical (unpaired) electrons. The van der Waals surface area contributed by atoms with Crippen molar-refractivity contribution in [2.45, 2.75) is 13.0 Å². The summed E-state index contributed by atoms with van der Waals surface area (Å²) in [7, 11) is 0. The van der Waals surface area contributed by atoms with E-state index in [2.05, 4.69) is 28.5 Å². The highest BCUT2D eigenvalue weighted by atomic mass is 35.5. The average Bonchev–Trinajstić information content (AvgIpc) is 2.59. The van der Waals surface area contributed by atoms with E-state index in [4.69, 9.17) is 16.7 Å². The minimum Gasteiger partial charge on any atom is -0.392 e. The number of rotatable bonds is 5. The first-order chi connectivity index (χ1) is 11.3. The minimum atomic E-state index is -0.0718. The van der Waals surface area contributed by atoms with Crippen molar-refractivity contribution >= 4 is 23.1 Å². The summed E-state index contributed by atoms with van der Waals surface area (Å²) in [4.78, 5) is 4.29. The summed E-state index contributed by atoms with van der Waals surface area (Å²) in [6.07, 6.45) is 2.45. The Morgan fingerprint density at radius 3 is 2.43 bits per heavy atom. The molecule has 0 aliphatic heterocycles. The Kier molecular flexibility index (Phi) is 4.91. The number of hydrogen-bond donors (Lipinski definition) is 2. The van der Waals surface area contributed by atoms with E-state index in [-0.39, 0.29) is 6.61 Å². The number of anilines is 2. The molecule has 2 aromatic carbocycles. The Morgan fingerprint density at radius 1 is 0.957 bits per heavy atom. The zero-order valence-corrected chi connectivity index (χ0v) is 13.3. The molecule has 0 unspecified atom stereocenters. The standard InChI is InChI=1S/C19H17ClN2O/c20-17-11-15(13-23)12-21-19(17)22-18-9-5-4-8-16(18)10-14-6-2-1-3-7-14/h1-9,11-12,23H,10,13H2,(H,21,22). The van der Waals surface area contributed by atoms with Gasteiger partial charge in [0.25, 0.3) is 0 Å². The maximum absolute atomic E-state index is 9.13. The van der Waals surface area contributed by atoms with Crippen LogP contribution in [0.2, 0.25) is 5.02 Å². The minimum absolute atomic E-state index is 0.0718. The highest BCUT2D eigenvalue weighted by Crippen LogP contribution is 2.27. The Bertz CT molecular complexity index is 790. The fourth-order valence-electron chi connectivity index (χ4n) is 2.40. The molecule has 2 N–H and O–H groups in total. The number of nitrogens with one attached hydrogen (secondary N) is 1. The largest absolute Gasteiger partial charge is 0.392 e. The lowest BCUT2D eigenvalue weighted by Gasteiger charge is -2.13. The second kappa shape index (κ2) is 7.27. The van der Waals surface area contributed by atoms with E-state index < -0.39 is 0 Å². The highest BCUT2D eigenvalue weighted by Gasteiger charge is 2.07. The van der Waals surface area contributed by atoms with Gasteiger partial charge in [-0.1, -0.05) is 60.1 Å². The molecule has 3 nitrogen and oxygen atoms in total. The molecule has 3 aromatic rings. The molecule has 0 aliphatic carbocycles. The third kappa shape index (κ3) is 3.89. The number of benzene rings is 2. The molecule has 0 saturated carbocycles. The average molecular weight is 325 g/mol. The van der Waals surface area contributed by atoms with Gasteiger partial charge in [-0.15, -0.1) is 0 Å². The number of nitrogens with zero attached hydrogens (tertiary/aromatic N) is 1. The first kappa shape index (κ1) is 15.5. The summed E-state index contributed by atoms with van der Waals surface area (Å²) in [5.41, 5.74) is 4.08. The number of halogens is 1. The first-order valence-corrected chi connectivity index (χ1v) is 7.78. The van der Waals surface area contributed by atoms with Gasteiger partial charge in [-0.3, -0.25) is 0 Å². The monoisotopic (exact) mass is 324 g/mol. The molecule has 0 saturated heterocycles. The van der Waals surface area contributed by atoms with Crippen molar-refractivity contribution in [1.82, 2.24) is 4.98 Å². The summed E-state index contributed by atoms with van der Waals surface area (Å²) in [5, 5.41) is 12.9. The van der Waals surface area contributed by atoms with Crippen LogP contribution in [0.3, 0.4) is 0 Å². The summed E-state index contributed by atoms with van der Waals surface area (Å²) in [6, 6.07) is 20.1. The topological polar surface area (TPSA) is 45.2 Å². The number of aliphatic hydroxyl groups excluding tert-OH is 1. The summed E-state index contributed by atoms with van der Waals surface area (Å²) < 4.78 is 0. The van der Waals surface area contributed by atoms with Crippen molar-refractivity contribution in [3.05, 3.63) is 88.6 Å². The molecule has 0 bridgehead atoms. The van der Waals surface area contributed by atoms with Crippen LogP contribution in [0.25, 0.3) is 0 Å². The quantitative estimate of drug-likeness (QED) is 0.723. The fourth-order valence-corrected chi connectivity index (χ4v) is 2.63. The molecule has 0 atom stereocenters. The number of hydrogen-bond acceptors (Lipinski definition) is 3. The van der Waals surface area contributed by atoms with E-state index in [1.165, 1.54) is 11.1 Å². The van der Waals surface area contributed by atoms with E-state index in [0.717, 1.165) is 12.1 Å². The molecule has 1 heterocycles. The van der Waals surface area contributed by atoms with Crippen LogP contribution in [0.15, 0.2) is 66.9 Å². The van der Waals surface area contributed by atoms with Gasteiger partial charge in [-0.05, 0) is 35.2 Å². The normalized spacial score (nSPS) is 10.5. The smallest absolute Gasteiger partial charge is 0.149 e. The number of pyridine rings is 1. The van der Waals surface area contributed by atoms with Gasteiger partial charge >= 0.3 is 0 Å². The number of aliphatic hydroxyl groups is 1. The first-order valence-electron chi connectivity index (χ1n) is 7.40. The zero-order valence-electron chi connectivity index (χ0n) is 12.5. The van der Waals surface area contributed by atoms with Gasteiger partial charge in [0, 0.05) is 11.9 Å². The van der Waals surface area contributed by atoms with Crippen LogP contribution >= 0.6 is 11.6 Å². The summed E-state index contributed by atoms with van der Waals surface area (Å²) >= 11 is 6.23. The van der Waals surface area contributed by atoms with E-state index in [1.807, 2.05) is 36.4 Å². The number of para-hydroxylation sites is 1. The van der Waals surface area contributed by atoms with Crippen molar-refractivity contribution < 1.29 is 5.11 Å². The lowest BCUT2D eigenvalue weighted by molar-refractivity contribution is 0.281. The van der Waals surface area contributed by atoms with Crippen LogP contribution in [0.4, 0.5) is 11.5 Å². The molecule has 116 valence electrons. The van der Waals surface area contributed by atoms with E-state index in [0.29, 0.717) is 16.4 Å². The van der Waals surface area contributed by atoms with Crippen LogP contribution in [-0.4, -0.2) is 10.1 Å². The SMILES string of the molecule is OCc1cnc(Nc2ccccc2Cc2ccccc2)c(Cl)c1. The maximum atomic E-state index is 9.13. The zero-order chi connectivity index (χ0) is 16.1. The predicted molar refractivity (Wildman–Crippen MR) is 94.1 cm³/mol. The van der Waals surface area contributed by atoms with Crippen LogP contribution in [0, 0.1) is 0 Å². The van der Waals surface area contributed by atoms with Gasteiger partial charge in [-0.2, -0.15) is 0 Å². The Hall–Kier alpha value is -2.36. The Morgan fingerprint density at radius 2 is 1.70 bits per heavy atom. The molecule has 3 rings (SSSR count). The molecule has 23 heavy (non-hydrogen) atoms. The maximum Gasteiger partial charge on any atom is 0.149 e. The highest BCUT2D eigenvalue weighted by molar-refractivity contribution is 6.33. The van der Waals surface area contributed by atoms with E-state index in [9.17, 15) is 0 Å². The van der Waals surface area contributed by atoms with Crippen molar-refractivity contribution in [2.24, 2.45) is 0 Å². The Labute approximate surface area is 140 Å². The molecule has 4 heteroatoms. The molecular formula is C19H17ClN2O. The van der Waals surface area contributed by atoms with Gasteiger partial charge in [0.2, 0.25) is 0 Å². The van der Waals surface area contributed by atoms with Crippen molar-refractivity contribution in [3.8, 4) is 0 Å². The van der Waals surface area contributed by atoms with Crippen molar-refractivity contribution in [1.29, 1.82) is 0 Å². The summed E-state index contributed by atoms with van der Waals surface area (Å²) in [6.45, 7) is -0.0718. The van der Waals surface area contributed by atoms with Crippen molar-refractivity contribution in [3.63, 3.8) is 0 Å². The van der Waals surface area contributed by atoms with E-state index in [1.54, 1.807) is 12.3 Å². The Balaban J connectivity index is 1.86. The lowest BCUT2D eigenvalue weighted by Crippen LogP contribution is -2.00. The summed E-state index contributed by atoms with van der Waals surface area (Å²) in [5.74, 6) is 0.587. The molecule has 0 spiro atoms.